The molecule has 6 heteroatoms. The maximum atomic E-state index is 12.6. The minimum Gasteiger partial charge on any atom is -0.388 e. The third-order valence-electron chi connectivity index (χ3n) is 4.39. The quantitative estimate of drug-likeness (QED) is 0.688. The Kier molecular flexibility index (Phi) is 5.84. The third-order valence-corrected chi connectivity index (χ3v) is 6.27. The largest absolute Gasteiger partial charge is 0.388 e. The molecule has 1 fully saturated rings. The molecule has 5 nitrogen and oxygen atoms in total. The number of sulfone groups is 1. The van der Waals surface area contributed by atoms with Crippen molar-refractivity contribution in [1.82, 2.24) is 0 Å². The van der Waals surface area contributed by atoms with Crippen LogP contribution in [-0.2, 0) is 9.84 Å². The summed E-state index contributed by atoms with van der Waals surface area (Å²) in [5.74, 6) is 0.397. The highest BCUT2D eigenvalue weighted by molar-refractivity contribution is 7.91. The summed E-state index contributed by atoms with van der Waals surface area (Å²) >= 11 is 0. The first-order valence-corrected chi connectivity index (χ1v) is 9.85. The highest BCUT2D eigenvalue weighted by Crippen LogP contribution is 2.28. The predicted molar refractivity (Wildman–Crippen MR) is 89.5 cm³/mol. The molecule has 0 spiro atoms. The lowest BCUT2D eigenvalue weighted by Gasteiger charge is -2.23. The molecule has 4 N–H and O–H groups in total. The van der Waals surface area contributed by atoms with Crippen molar-refractivity contribution in [1.29, 1.82) is 0 Å². The van der Waals surface area contributed by atoms with Crippen LogP contribution in [0.3, 0.4) is 0 Å². The van der Waals surface area contributed by atoms with Crippen LogP contribution in [0.4, 0.5) is 0 Å². The van der Waals surface area contributed by atoms with E-state index in [2.05, 4.69) is 0 Å². The first kappa shape index (κ1) is 18.4. The molecule has 0 radical (unpaired) electrons. The van der Waals surface area contributed by atoms with E-state index >= 15 is 0 Å². The van der Waals surface area contributed by atoms with Crippen LogP contribution in [0, 0.1) is 5.92 Å². The van der Waals surface area contributed by atoms with E-state index in [1.807, 2.05) is 0 Å². The summed E-state index contributed by atoms with van der Waals surface area (Å²) in [7, 11) is -3.36. The van der Waals surface area contributed by atoms with Gasteiger partial charge in [-0.25, -0.2) is 8.42 Å². The van der Waals surface area contributed by atoms with Crippen molar-refractivity contribution in [2.45, 2.75) is 62.2 Å². The maximum absolute atomic E-state index is 12.6. The van der Waals surface area contributed by atoms with Crippen LogP contribution >= 0.6 is 0 Å². The second kappa shape index (κ2) is 7.30. The van der Waals surface area contributed by atoms with E-state index in [1.54, 1.807) is 18.2 Å². The number of hydrogen-bond donors (Lipinski definition) is 3. The van der Waals surface area contributed by atoms with Gasteiger partial charge in [0.05, 0.1) is 16.8 Å². The molecule has 1 aromatic carbocycles. The fourth-order valence-electron chi connectivity index (χ4n) is 3.18. The molecule has 1 aromatic rings. The smallest absolute Gasteiger partial charge is 0.178 e. The van der Waals surface area contributed by atoms with Gasteiger partial charge in [0.15, 0.2) is 9.84 Å². The predicted octanol–water partition coefficient (Wildman–Crippen LogP) is 2.13. The number of aliphatic hydroxyl groups is 2. The molecule has 0 saturated heterocycles. The zero-order chi connectivity index (χ0) is 17.1. The molecule has 2 rings (SSSR count). The van der Waals surface area contributed by atoms with Crippen LogP contribution in [0.1, 0.15) is 57.1 Å². The van der Waals surface area contributed by atoms with Crippen molar-refractivity contribution in [3.63, 3.8) is 0 Å². The molecule has 0 heterocycles. The first-order chi connectivity index (χ1) is 10.7. The van der Waals surface area contributed by atoms with Crippen molar-refractivity contribution in [2.75, 3.05) is 5.75 Å². The van der Waals surface area contributed by atoms with E-state index in [0.29, 0.717) is 5.56 Å². The molecule has 0 amide bonds. The fourth-order valence-corrected chi connectivity index (χ4v) is 4.93. The molecule has 0 aromatic heterocycles. The van der Waals surface area contributed by atoms with Gasteiger partial charge in [-0.2, -0.15) is 0 Å². The third kappa shape index (κ3) is 5.57. The van der Waals surface area contributed by atoms with Crippen molar-refractivity contribution in [2.24, 2.45) is 11.7 Å². The molecule has 2 unspecified atom stereocenters. The Bertz CT molecular complexity index is 616. The number of benzene rings is 1. The van der Waals surface area contributed by atoms with Crippen LogP contribution < -0.4 is 5.73 Å². The van der Waals surface area contributed by atoms with Crippen LogP contribution in [0.15, 0.2) is 29.2 Å². The molecule has 1 aliphatic rings. The van der Waals surface area contributed by atoms with Gasteiger partial charge in [-0.05, 0) is 43.4 Å². The van der Waals surface area contributed by atoms with Gasteiger partial charge < -0.3 is 15.9 Å². The summed E-state index contributed by atoms with van der Waals surface area (Å²) in [5.41, 5.74) is 4.45. The Balaban J connectivity index is 2.14. The van der Waals surface area contributed by atoms with Gasteiger partial charge in [0.2, 0.25) is 0 Å². The zero-order valence-corrected chi connectivity index (χ0v) is 14.4. The van der Waals surface area contributed by atoms with Gasteiger partial charge in [0.25, 0.3) is 0 Å². The molecule has 1 saturated carbocycles. The number of hydrogen-bond acceptors (Lipinski definition) is 5. The Morgan fingerprint density at radius 2 is 1.96 bits per heavy atom. The van der Waals surface area contributed by atoms with E-state index in [1.165, 1.54) is 19.4 Å². The van der Waals surface area contributed by atoms with E-state index in [-0.39, 0.29) is 23.0 Å². The highest BCUT2D eigenvalue weighted by Gasteiger charge is 2.25. The first-order valence-electron chi connectivity index (χ1n) is 8.19. The number of rotatable bonds is 6. The Hall–Kier alpha value is -0.950. The molecule has 23 heavy (non-hydrogen) atoms. The molecular formula is C17H27NO4S. The van der Waals surface area contributed by atoms with E-state index in [0.717, 1.165) is 25.7 Å². The van der Waals surface area contributed by atoms with E-state index in [4.69, 9.17) is 5.73 Å². The Morgan fingerprint density at radius 1 is 1.30 bits per heavy atom. The summed E-state index contributed by atoms with van der Waals surface area (Å²) < 4.78 is 25.2. The Labute approximate surface area is 138 Å². The molecule has 1 aliphatic carbocycles. The van der Waals surface area contributed by atoms with Crippen molar-refractivity contribution in [3.05, 3.63) is 29.8 Å². The average Bonchev–Trinajstić information content (AvgIpc) is 2.46. The number of nitrogens with two attached hydrogens (primary N) is 1. The fraction of sp³-hybridized carbons (Fsp3) is 0.647. The SMILES string of the molecule is CC(N)(O)CC(O)c1cccc(S(=O)(=O)CC2CCCCC2)c1. The second-order valence-electron chi connectivity index (χ2n) is 6.94. The summed E-state index contributed by atoms with van der Waals surface area (Å²) in [6.07, 6.45) is 4.28. The van der Waals surface area contributed by atoms with Crippen LogP contribution in [0.2, 0.25) is 0 Å². The van der Waals surface area contributed by atoms with Crippen molar-refractivity contribution in [3.8, 4) is 0 Å². The molecule has 130 valence electrons. The van der Waals surface area contributed by atoms with Crippen LogP contribution in [-0.4, -0.2) is 30.1 Å². The number of aliphatic hydroxyl groups excluding tert-OH is 1. The standard InChI is InChI=1S/C17H27NO4S/c1-17(18,20)11-16(19)14-8-5-9-15(10-14)23(21,22)12-13-6-3-2-4-7-13/h5,8-10,13,16,19-20H,2-4,6-7,11-12,18H2,1H3. The van der Waals surface area contributed by atoms with E-state index in [9.17, 15) is 18.6 Å². The molecule has 0 aliphatic heterocycles. The monoisotopic (exact) mass is 341 g/mol. The normalized spacial score (nSPS) is 20.9. The summed E-state index contributed by atoms with van der Waals surface area (Å²) in [6, 6.07) is 6.33. The van der Waals surface area contributed by atoms with E-state index < -0.39 is 21.7 Å². The molecule has 2 atom stereocenters. The lowest BCUT2D eigenvalue weighted by molar-refractivity contribution is 0.00815. The van der Waals surface area contributed by atoms with Crippen molar-refractivity contribution < 1.29 is 18.6 Å². The topological polar surface area (TPSA) is 101 Å². The minimum atomic E-state index is -3.36. The maximum Gasteiger partial charge on any atom is 0.178 e. The van der Waals surface area contributed by atoms with Crippen LogP contribution in [0.25, 0.3) is 0 Å². The molecular weight excluding hydrogens is 314 g/mol. The average molecular weight is 341 g/mol. The van der Waals surface area contributed by atoms with Gasteiger partial charge in [-0.1, -0.05) is 31.4 Å². The van der Waals surface area contributed by atoms with Gasteiger partial charge in [-0.15, -0.1) is 0 Å². The van der Waals surface area contributed by atoms with Crippen molar-refractivity contribution >= 4 is 9.84 Å². The second-order valence-corrected chi connectivity index (χ2v) is 8.97. The zero-order valence-electron chi connectivity index (χ0n) is 13.6. The highest BCUT2D eigenvalue weighted by atomic mass is 32.2. The minimum absolute atomic E-state index is 0.0564. The van der Waals surface area contributed by atoms with Gasteiger partial charge in [0.1, 0.15) is 5.72 Å². The van der Waals surface area contributed by atoms with Gasteiger partial charge >= 0.3 is 0 Å². The summed E-state index contributed by atoms with van der Waals surface area (Å²) in [4.78, 5) is 0.233. The van der Waals surface area contributed by atoms with Gasteiger partial charge in [0, 0.05) is 6.42 Å². The lowest BCUT2D eigenvalue weighted by Crippen LogP contribution is -2.37. The lowest BCUT2D eigenvalue weighted by atomic mass is 9.91. The summed E-state index contributed by atoms with van der Waals surface area (Å²) in [6.45, 7) is 1.40. The summed E-state index contributed by atoms with van der Waals surface area (Å²) in [5, 5.41) is 19.7. The van der Waals surface area contributed by atoms with Gasteiger partial charge in [-0.3, -0.25) is 0 Å². The van der Waals surface area contributed by atoms with Crippen LogP contribution in [0.5, 0.6) is 0 Å². The Morgan fingerprint density at radius 3 is 2.57 bits per heavy atom. The molecule has 0 bridgehead atoms.